The molecule has 1 heterocycles. The van der Waals surface area contributed by atoms with E-state index in [1.54, 1.807) is 4.90 Å². The minimum Gasteiger partial charge on any atom is -0.368 e. The van der Waals surface area contributed by atoms with Crippen LogP contribution in [0.15, 0.2) is 24.3 Å². The first-order valence-electron chi connectivity index (χ1n) is 6.99. The van der Waals surface area contributed by atoms with Crippen LogP contribution >= 0.6 is 23.4 Å². The van der Waals surface area contributed by atoms with Gasteiger partial charge in [-0.05, 0) is 37.0 Å². The van der Waals surface area contributed by atoms with Crippen molar-refractivity contribution >= 4 is 35.2 Å². The molecule has 0 saturated carbocycles. The van der Waals surface area contributed by atoms with E-state index in [4.69, 9.17) is 17.3 Å². The molecule has 0 spiro atoms. The third-order valence-electron chi connectivity index (χ3n) is 3.53. The van der Waals surface area contributed by atoms with Crippen molar-refractivity contribution in [1.29, 1.82) is 0 Å². The lowest BCUT2D eigenvalue weighted by atomic mass is 10.0. The number of nitrogens with zero attached hydrogens (tertiary/aromatic N) is 1. The predicted molar refractivity (Wildman–Crippen MR) is 86.2 cm³/mol. The standard InChI is InChI=1S/C15H19ClN2O2S/c16-12-5-3-4-11(8-12)9-21-10-14(19)18-7-2-1-6-13(18)15(17)20/h3-5,8,13H,1-2,6-7,9-10H2,(H2,17,20). The number of benzene rings is 1. The van der Waals surface area contributed by atoms with Crippen molar-refractivity contribution in [3.63, 3.8) is 0 Å². The largest absolute Gasteiger partial charge is 0.368 e. The van der Waals surface area contributed by atoms with Gasteiger partial charge < -0.3 is 10.6 Å². The molecule has 1 unspecified atom stereocenters. The Labute approximate surface area is 134 Å². The lowest BCUT2D eigenvalue weighted by Crippen LogP contribution is -2.51. The van der Waals surface area contributed by atoms with E-state index in [1.807, 2.05) is 24.3 Å². The summed E-state index contributed by atoms with van der Waals surface area (Å²) in [4.78, 5) is 25.3. The molecular weight excluding hydrogens is 308 g/mol. The molecule has 0 aliphatic carbocycles. The topological polar surface area (TPSA) is 63.4 Å². The number of rotatable bonds is 5. The van der Waals surface area contributed by atoms with Crippen molar-refractivity contribution in [2.24, 2.45) is 5.73 Å². The number of amides is 2. The molecule has 2 amide bonds. The molecule has 2 rings (SSSR count). The van der Waals surface area contributed by atoms with Gasteiger partial charge in [0.1, 0.15) is 6.04 Å². The Hall–Kier alpha value is -1.20. The summed E-state index contributed by atoms with van der Waals surface area (Å²) >= 11 is 7.45. The number of carbonyl (C=O) groups excluding carboxylic acids is 2. The fourth-order valence-corrected chi connectivity index (χ4v) is 3.56. The molecule has 1 aromatic carbocycles. The van der Waals surface area contributed by atoms with Gasteiger partial charge in [-0.3, -0.25) is 9.59 Å². The number of primary amides is 1. The zero-order valence-corrected chi connectivity index (χ0v) is 13.3. The second-order valence-corrected chi connectivity index (χ2v) is 6.55. The number of carbonyl (C=O) groups is 2. The first-order valence-corrected chi connectivity index (χ1v) is 8.52. The molecule has 1 atom stereocenters. The zero-order chi connectivity index (χ0) is 15.2. The van der Waals surface area contributed by atoms with Gasteiger partial charge in [-0.2, -0.15) is 0 Å². The van der Waals surface area contributed by atoms with Crippen LogP contribution in [0.3, 0.4) is 0 Å². The molecule has 114 valence electrons. The number of halogens is 1. The summed E-state index contributed by atoms with van der Waals surface area (Å²) in [6.07, 6.45) is 2.57. The van der Waals surface area contributed by atoms with Gasteiger partial charge in [0.25, 0.3) is 0 Å². The lowest BCUT2D eigenvalue weighted by molar-refractivity contribution is -0.138. The minimum atomic E-state index is -0.432. The molecule has 6 heteroatoms. The number of hydrogen-bond acceptors (Lipinski definition) is 3. The van der Waals surface area contributed by atoms with Gasteiger partial charge in [0.2, 0.25) is 11.8 Å². The monoisotopic (exact) mass is 326 g/mol. The van der Waals surface area contributed by atoms with Crippen LogP contribution in [0.5, 0.6) is 0 Å². The van der Waals surface area contributed by atoms with Crippen molar-refractivity contribution in [2.75, 3.05) is 12.3 Å². The van der Waals surface area contributed by atoms with Crippen molar-refractivity contribution in [3.8, 4) is 0 Å². The fraction of sp³-hybridized carbons (Fsp3) is 0.467. The van der Waals surface area contributed by atoms with E-state index in [9.17, 15) is 9.59 Å². The van der Waals surface area contributed by atoms with E-state index in [-0.39, 0.29) is 5.91 Å². The van der Waals surface area contributed by atoms with Crippen molar-refractivity contribution in [1.82, 2.24) is 4.90 Å². The van der Waals surface area contributed by atoms with E-state index in [2.05, 4.69) is 0 Å². The highest BCUT2D eigenvalue weighted by molar-refractivity contribution is 7.99. The van der Waals surface area contributed by atoms with Crippen LogP contribution in [0.4, 0.5) is 0 Å². The molecule has 0 radical (unpaired) electrons. The summed E-state index contributed by atoms with van der Waals surface area (Å²) in [5.41, 5.74) is 6.47. The summed E-state index contributed by atoms with van der Waals surface area (Å²) in [5.74, 6) is 0.672. The molecular formula is C15H19ClN2O2S. The minimum absolute atomic E-state index is 0.00877. The van der Waals surface area contributed by atoms with Gasteiger partial charge in [-0.15, -0.1) is 11.8 Å². The molecule has 1 saturated heterocycles. The number of likely N-dealkylation sites (tertiary alicyclic amines) is 1. The molecule has 1 aromatic rings. The maximum atomic E-state index is 12.2. The number of thioether (sulfide) groups is 1. The summed E-state index contributed by atoms with van der Waals surface area (Å²) in [7, 11) is 0. The third-order valence-corrected chi connectivity index (χ3v) is 4.76. The van der Waals surface area contributed by atoms with Gasteiger partial charge in [0.05, 0.1) is 5.75 Å². The first kappa shape index (κ1) is 16.2. The van der Waals surface area contributed by atoms with Gasteiger partial charge in [-0.1, -0.05) is 23.7 Å². The summed E-state index contributed by atoms with van der Waals surface area (Å²) in [6.45, 7) is 0.629. The Morgan fingerprint density at radius 1 is 1.38 bits per heavy atom. The molecule has 2 N–H and O–H groups in total. The van der Waals surface area contributed by atoms with Crippen LogP contribution in [-0.4, -0.2) is 35.1 Å². The second-order valence-electron chi connectivity index (χ2n) is 5.12. The molecule has 1 aliphatic rings. The van der Waals surface area contributed by atoms with Crippen LogP contribution in [-0.2, 0) is 15.3 Å². The number of piperidine rings is 1. The first-order chi connectivity index (χ1) is 10.1. The molecule has 0 bridgehead atoms. The van der Waals surface area contributed by atoms with Crippen LogP contribution < -0.4 is 5.73 Å². The average Bonchev–Trinajstić information content (AvgIpc) is 2.47. The molecule has 4 nitrogen and oxygen atoms in total. The quantitative estimate of drug-likeness (QED) is 0.904. The molecule has 1 aliphatic heterocycles. The summed E-state index contributed by atoms with van der Waals surface area (Å²) in [6, 6.07) is 7.17. The van der Waals surface area contributed by atoms with Gasteiger partial charge >= 0.3 is 0 Å². The van der Waals surface area contributed by atoms with Gasteiger partial charge in [-0.25, -0.2) is 0 Å². The highest BCUT2D eigenvalue weighted by atomic mass is 35.5. The Balaban J connectivity index is 1.84. The molecule has 1 fully saturated rings. The maximum absolute atomic E-state index is 12.2. The van der Waals surface area contributed by atoms with Gasteiger partial charge in [0, 0.05) is 17.3 Å². The highest BCUT2D eigenvalue weighted by Gasteiger charge is 2.30. The Bertz CT molecular complexity index is 524. The van der Waals surface area contributed by atoms with Crippen molar-refractivity contribution in [2.45, 2.75) is 31.1 Å². The Morgan fingerprint density at radius 3 is 2.90 bits per heavy atom. The number of nitrogens with two attached hydrogens (primary N) is 1. The maximum Gasteiger partial charge on any atom is 0.240 e. The van der Waals surface area contributed by atoms with E-state index in [0.717, 1.165) is 24.2 Å². The summed E-state index contributed by atoms with van der Waals surface area (Å²) < 4.78 is 0. The van der Waals surface area contributed by atoms with Crippen LogP contribution in [0.25, 0.3) is 0 Å². The van der Waals surface area contributed by atoms with E-state index < -0.39 is 11.9 Å². The van der Waals surface area contributed by atoms with E-state index in [0.29, 0.717) is 23.7 Å². The fourth-order valence-electron chi connectivity index (χ4n) is 2.49. The van der Waals surface area contributed by atoms with Crippen molar-refractivity contribution < 1.29 is 9.59 Å². The van der Waals surface area contributed by atoms with Crippen molar-refractivity contribution in [3.05, 3.63) is 34.9 Å². The zero-order valence-electron chi connectivity index (χ0n) is 11.8. The average molecular weight is 327 g/mol. The molecule has 21 heavy (non-hydrogen) atoms. The predicted octanol–water partition coefficient (Wildman–Crippen LogP) is 2.44. The van der Waals surface area contributed by atoms with E-state index >= 15 is 0 Å². The third kappa shape index (κ3) is 4.64. The SMILES string of the molecule is NC(=O)C1CCCCN1C(=O)CSCc1cccc(Cl)c1. The van der Waals surface area contributed by atoms with Crippen LogP contribution in [0, 0.1) is 0 Å². The van der Waals surface area contributed by atoms with E-state index in [1.165, 1.54) is 11.8 Å². The Morgan fingerprint density at radius 2 is 2.19 bits per heavy atom. The highest BCUT2D eigenvalue weighted by Crippen LogP contribution is 2.20. The normalized spacial score (nSPS) is 18.5. The lowest BCUT2D eigenvalue weighted by Gasteiger charge is -2.33. The Kier molecular flexibility index (Phi) is 5.94. The second kappa shape index (κ2) is 7.71. The van der Waals surface area contributed by atoms with Crippen LogP contribution in [0.1, 0.15) is 24.8 Å². The number of hydrogen-bond donors (Lipinski definition) is 1. The smallest absolute Gasteiger partial charge is 0.240 e. The van der Waals surface area contributed by atoms with Crippen LogP contribution in [0.2, 0.25) is 5.02 Å². The summed E-state index contributed by atoms with van der Waals surface area (Å²) in [5, 5.41) is 0.698. The molecule has 0 aromatic heterocycles. The van der Waals surface area contributed by atoms with Gasteiger partial charge in [0.15, 0.2) is 0 Å².